The Labute approximate surface area is 124 Å². The highest BCUT2D eigenvalue weighted by Crippen LogP contribution is 2.23. The van der Waals surface area contributed by atoms with E-state index in [0.717, 1.165) is 0 Å². The normalized spacial score (nSPS) is 26.9. The number of aliphatic carboxylic acids is 1. The maximum Gasteiger partial charge on any atom is 0.331 e. The average molecular weight is 300 g/mol. The van der Waals surface area contributed by atoms with Gasteiger partial charge in [-0.3, -0.25) is 4.79 Å². The number of carboxylic acid groups (broad SMARTS) is 1. The van der Waals surface area contributed by atoms with Crippen molar-refractivity contribution < 1.29 is 24.5 Å². The van der Waals surface area contributed by atoms with E-state index in [9.17, 15) is 9.59 Å². The number of rotatable bonds is 7. The van der Waals surface area contributed by atoms with Crippen molar-refractivity contribution in [3.63, 3.8) is 0 Å². The van der Waals surface area contributed by atoms with Crippen LogP contribution in [0.15, 0.2) is 11.6 Å². The molecule has 0 unspecified atom stereocenters. The molecule has 0 aromatic carbocycles. The number of hydrogen-bond donors (Lipinski definition) is 4. The van der Waals surface area contributed by atoms with Gasteiger partial charge in [0.25, 0.3) is 0 Å². The Bertz CT molecular complexity index is 410. The molecule has 0 aliphatic heterocycles. The molecule has 1 aliphatic rings. The Hall–Kier alpha value is -1.44. The molecule has 0 fully saturated rings. The van der Waals surface area contributed by atoms with Crippen LogP contribution in [0.5, 0.6) is 0 Å². The molecule has 1 aliphatic carbocycles. The Kier molecular flexibility index (Phi) is 6.80. The van der Waals surface area contributed by atoms with Crippen LogP contribution in [0.4, 0.5) is 0 Å². The number of nitrogens with one attached hydrogen (secondary N) is 1. The van der Waals surface area contributed by atoms with Crippen LogP contribution in [0.3, 0.4) is 0 Å². The van der Waals surface area contributed by atoms with E-state index < -0.39 is 24.2 Å². The van der Waals surface area contributed by atoms with E-state index in [1.165, 1.54) is 13.0 Å². The zero-order valence-electron chi connectivity index (χ0n) is 12.4. The first-order chi connectivity index (χ1) is 9.88. The Balaban J connectivity index is 2.94. The first-order valence-corrected chi connectivity index (χ1v) is 7.12. The fourth-order valence-electron chi connectivity index (χ4n) is 2.44. The molecule has 1 rings (SSSR count). The lowest BCUT2D eigenvalue weighted by atomic mass is 9.88. The van der Waals surface area contributed by atoms with Gasteiger partial charge in [-0.25, -0.2) is 4.79 Å². The maximum atomic E-state index is 11.3. The number of nitrogens with two attached hydrogens (primary N) is 1. The number of hydrogen-bond acceptors (Lipinski definition) is 5. The second-order valence-electron chi connectivity index (χ2n) is 5.23. The Morgan fingerprint density at radius 1 is 1.57 bits per heavy atom. The number of ether oxygens (including phenoxy) is 1. The lowest BCUT2D eigenvalue weighted by molar-refractivity contribution is -0.133. The predicted octanol–water partition coefficient (Wildman–Crippen LogP) is -0.221. The summed E-state index contributed by atoms with van der Waals surface area (Å²) in [4.78, 5) is 22.4. The fraction of sp³-hybridized carbons (Fsp3) is 0.714. The fourth-order valence-corrected chi connectivity index (χ4v) is 2.44. The average Bonchev–Trinajstić information content (AvgIpc) is 2.41. The summed E-state index contributed by atoms with van der Waals surface area (Å²) in [6.45, 7) is 3.28. The van der Waals surface area contributed by atoms with Crippen molar-refractivity contribution in [2.24, 2.45) is 5.73 Å². The minimum absolute atomic E-state index is 0.0163. The highest BCUT2D eigenvalue weighted by atomic mass is 16.5. The molecule has 0 aromatic heterocycles. The van der Waals surface area contributed by atoms with Gasteiger partial charge in [0.15, 0.2) is 0 Å². The number of carboxylic acids is 1. The van der Waals surface area contributed by atoms with Gasteiger partial charge in [-0.05, 0) is 25.3 Å². The number of aliphatic hydroxyl groups excluding tert-OH is 1. The van der Waals surface area contributed by atoms with E-state index in [0.29, 0.717) is 12.8 Å². The van der Waals surface area contributed by atoms with Crippen molar-refractivity contribution in [2.75, 3.05) is 6.61 Å². The van der Waals surface area contributed by atoms with Gasteiger partial charge in [-0.15, -0.1) is 0 Å². The van der Waals surface area contributed by atoms with Gasteiger partial charge in [0.05, 0.1) is 18.2 Å². The van der Waals surface area contributed by atoms with Gasteiger partial charge in [-0.2, -0.15) is 0 Å². The van der Waals surface area contributed by atoms with Gasteiger partial charge in [0, 0.05) is 25.1 Å². The molecular weight excluding hydrogens is 276 g/mol. The molecule has 0 heterocycles. The molecule has 1 amide bonds. The number of aliphatic hydroxyl groups is 1. The van der Waals surface area contributed by atoms with Crippen molar-refractivity contribution in [1.29, 1.82) is 0 Å². The van der Waals surface area contributed by atoms with Gasteiger partial charge >= 0.3 is 5.97 Å². The topological polar surface area (TPSA) is 122 Å². The summed E-state index contributed by atoms with van der Waals surface area (Å²) in [6.07, 6.45) is 1.98. The summed E-state index contributed by atoms with van der Waals surface area (Å²) in [7, 11) is 0. The van der Waals surface area contributed by atoms with Crippen molar-refractivity contribution >= 4 is 11.9 Å². The van der Waals surface area contributed by atoms with Gasteiger partial charge in [0.1, 0.15) is 0 Å². The van der Waals surface area contributed by atoms with Gasteiger partial charge in [0.2, 0.25) is 5.91 Å². The van der Waals surface area contributed by atoms with Crippen LogP contribution >= 0.6 is 0 Å². The summed E-state index contributed by atoms with van der Waals surface area (Å²) in [6, 6.07) is -1.00. The minimum atomic E-state index is -1.03. The molecule has 21 heavy (non-hydrogen) atoms. The highest BCUT2D eigenvalue weighted by Gasteiger charge is 2.35. The van der Waals surface area contributed by atoms with E-state index in [1.807, 2.05) is 6.92 Å². The Morgan fingerprint density at radius 3 is 2.71 bits per heavy atom. The van der Waals surface area contributed by atoms with E-state index in [2.05, 4.69) is 5.32 Å². The lowest BCUT2D eigenvalue weighted by Gasteiger charge is -2.36. The third-order valence-electron chi connectivity index (χ3n) is 3.54. The monoisotopic (exact) mass is 300 g/mol. The van der Waals surface area contributed by atoms with E-state index >= 15 is 0 Å². The first-order valence-electron chi connectivity index (χ1n) is 7.12. The zero-order valence-corrected chi connectivity index (χ0v) is 12.4. The molecule has 0 bridgehead atoms. The third-order valence-corrected chi connectivity index (χ3v) is 3.54. The summed E-state index contributed by atoms with van der Waals surface area (Å²) in [5.74, 6) is -1.28. The largest absolute Gasteiger partial charge is 0.478 e. The van der Waals surface area contributed by atoms with Gasteiger partial charge < -0.3 is 26.0 Å². The molecule has 0 saturated heterocycles. The number of carbonyl (C=O) groups is 2. The van der Waals surface area contributed by atoms with E-state index in [-0.39, 0.29) is 30.6 Å². The molecule has 4 atom stereocenters. The molecule has 0 radical (unpaired) electrons. The van der Waals surface area contributed by atoms with Crippen LogP contribution in [-0.2, 0) is 14.3 Å². The van der Waals surface area contributed by atoms with E-state index in [4.69, 9.17) is 20.7 Å². The summed E-state index contributed by atoms with van der Waals surface area (Å²) >= 11 is 0. The minimum Gasteiger partial charge on any atom is -0.478 e. The van der Waals surface area contributed by atoms with E-state index in [1.54, 1.807) is 0 Å². The number of amides is 1. The van der Waals surface area contributed by atoms with Crippen LogP contribution in [0.2, 0.25) is 0 Å². The maximum absolute atomic E-state index is 11.3. The van der Waals surface area contributed by atoms with Crippen LogP contribution in [-0.4, -0.2) is 53.0 Å². The highest BCUT2D eigenvalue weighted by molar-refractivity contribution is 5.87. The molecule has 0 saturated carbocycles. The van der Waals surface area contributed by atoms with Crippen LogP contribution in [0, 0.1) is 0 Å². The molecule has 0 aromatic rings. The second-order valence-corrected chi connectivity index (χ2v) is 5.23. The molecule has 5 N–H and O–H groups in total. The lowest BCUT2D eigenvalue weighted by Crippen LogP contribution is -2.57. The quantitative estimate of drug-likeness (QED) is 0.515. The van der Waals surface area contributed by atoms with Gasteiger partial charge in [-0.1, -0.05) is 6.92 Å². The molecule has 0 spiro atoms. The summed E-state index contributed by atoms with van der Waals surface area (Å²) in [5.41, 5.74) is 6.18. The van der Waals surface area contributed by atoms with Crippen LogP contribution < -0.4 is 11.1 Å². The number of carbonyl (C=O) groups excluding carboxylic acids is 1. The SMILES string of the molecule is CC[C@@H](CCO)O[C@@H]1C=C(C(=O)O)C[C@H](N)[C@H]1NC(C)=O. The van der Waals surface area contributed by atoms with Crippen molar-refractivity contribution in [3.05, 3.63) is 11.6 Å². The van der Waals surface area contributed by atoms with Crippen molar-refractivity contribution in [2.45, 2.75) is 57.4 Å². The third kappa shape index (κ3) is 5.11. The van der Waals surface area contributed by atoms with Crippen LogP contribution in [0.1, 0.15) is 33.1 Å². The Morgan fingerprint density at radius 2 is 2.24 bits per heavy atom. The molecule has 120 valence electrons. The summed E-state index contributed by atoms with van der Waals surface area (Å²) in [5, 5.41) is 20.9. The summed E-state index contributed by atoms with van der Waals surface area (Å²) < 4.78 is 5.85. The zero-order chi connectivity index (χ0) is 16.0. The molecular formula is C14H24N2O5. The molecule has 7 nitrogen and oxygen atoms in total. The second kappa shape index (κ2) is 8.11. The standard InChI is InChI=1S/C14H24N2O5/c1-3-10(4-5-17)21-12-7-9(14(19)20)6-11(15)13(12)16-8(2)18/h7,10-13,17H,3-6,15H2,1-2H3,(H,16,18)(H,19,20)/t10-,11-,12+,13+/m0/s1. The van der Waals surface area contributed by atoms with Crippen molar-refractivity contribution in [1.82, 2.24) is 5.32 Å². The first kappa shape index (κ1) is 17.6. The van der Waals surface area contributed by atoms with Crippen molar-refractivity contribution in [3.8, 4) is 0 Å². The van der Waals surface area contributed by atoms with Crippen LogP contribution in [0.25, 0.3) is 0 Å². The predicted molar refractivity (Wildman–Crippen MR) is 76.6 cm³/mol. The molecule has 7 heteroatoms. The smallest absolute Gasteiger partial charge is 0.331 e.